The maximum Gasteiger partial charge on any atom is 0.295 e. The van der Waals surface area contributed by atoms with Gasteiger partial charge in [0.25, 0.3) is 11.7 Å². The Hall–Kier alpha value is -3.28. The molecule has 0 radical (unpaired) electrons. The van der Waals surface area contributed by atoms with E-state index in [9.17, 15) is 14.7 Å². The first-order valence-electron chi connectivity index (χ1n) is 12.3. The molecule has 1 fully saturated rings. The van der Waals surface area contributed by atoms with Crippen LogP contribution in [0.4, 0.5) is 5.69 Å². The van der Waals surface area contributed by atoms with Gasteiger partial charge < -0.3 is 14.9 Å². The number of rotatable bonds is 7. The Kier molecular flexibility index (Phi) is 7.96. The monoisotopic (exact) mass is 536 g/mol. The Bertz CT molecular complexity index is 1380. The van der Waals surface area contributed by atoms with Gasteiger partial charge in [-0.05, 0) is 74.7 Å². The minimum Gasteiger partial charge on any atom is -0.507 e. The van der Waals surface area contributed by atoms with Crippen LogP contribution in [0.3, 0.4) is 0 Å². The van der Waals surface area contributed by atoms with E-state index < -0.39 is 17.7 Å². The number of Topliss-reactive ketones (excluding diaryl/α,β-unsaturated/α-hetero) is 1. The summed E-state index contributed by atoms with van der Waals surface area (Å²) in [6.45, 7) is 10.1. The van der Waals surface area contributed by atoms with Gasteiger partial charge in [0.05, 0.1) is 21.7 Å². The van der Waals surface area contributed by atoms with E-state index in [0.717, 1.165) is 41.0 Å². The van der Waals surface area contributed by atoms with Crippen LogP contribution in [0.1, 0.15) is 47.7 Å². The first-order chi connectivity index (χ1) is 17.7. The normalized spacial score (nSPS) is 16.9. The molecule has 1 aliphatic heterocycles. The van der Waals surface area contributed by atoms with Gasteiger partial charge in [-0.25, -0.2) is 0 Å². The third-order valence-corrected chi connectivity index (χ3v) is 7.65. The standard InChI is InChI=1S/C30H30Cl2N2O3/c1-5-33(6-2)23-12-9-20(10-13-23)27-26(28(35)21-11-14-24(31)25(32)16-21)29(36)30(37)34(27)17-22-15-18(3)7-8-19(22)4/h7-16,27,35H,5-6,17H2,1-4H3/b28-26-. The van der Waals surface area contributed by atoms with Crippen molar-refractivity contribution in [2.45, 2.75) is 40.3 Å². The number of benzene rings is 3. The van der Waals surface area contributed by atoms with E-state index in [0.29, 0.717) is 10.6 Å². The molecule has 1 amide bonds. The highest BCUT2D eigenvalue weighted by Crippen LogP contribution is 2.41. The van der Waals surface area contributed by atoms with E-state index in [-0.39, 0.29) is 22.9 Å². The van der Waals surface area contributed by atoms with E-state index in [2.05, 4.69) is 18.7 Å². The quantitative estimate of drug-likeness (QED) is 0.199. The number of ketones is 1. The van der Waals surface area contributed by atoms with Gasteiger partial charge >= 0.3 is 0 Å². The molecular formula is C30H30Cl2N2O3. The second kappa shape index (κ2) is 11.0. The first kappa shape index (κ1) is 26.8. The van der Waals surface area contributed by atoms with Crippen LogP contribution in [0.2, 0.25) is 10.0 Å². The molecule has 0 aromatic heterocycles. The second-order valence-electron chi connectivity index (χ2n) is 9.25. The number of aliphatic hydroxyl groups is 1. The van der Waals surface area contributed by atoms with Crippen molar-refractivity contribution >= 4 is 46.3 Å². The van der Waals surface area contributed by atoms with E-state index in [1.54, 1.807) is 17.0 Å². The SMILES string of the molecule is CCN(CC)c1ccc(C2/C(=C(/O)c3ccc(Cl)c(Cl)c3)C(=O)C(=O)N2Cc2cc(C)ccc2C)cc1. The molecule has 3 aromatic carbocycles. The van der Waals surface area contributed by atoms with E-state index in [1.165, 1.54) is 6.07 Å². The molecule has 1 heterocycles. The molecule has 1 N–H and O–H groups in total. The number of hydrogen-bond acceptors (Lipinski definition) is 4. The maximum absolute atomic E-state index is 13.4. The number of carbonyl (C=O) groups is 2. The van der Waals surface area contributed by atoms with Gasteiger partial charge in [0.1, 0.15) is 5.76 Å². The van der Waals surface area contributed by atoms with Crippen molar-refractivity contribution in [1.82, 2.24) is 4.90 Å². The molecule has 7 heteroatoms. The number of aliphatic hydroxyl groups excluding tert-OH is 1. The predicted octanol–water partition coefficient (Wildman–Crippen LogP) is 7.08. The lowest BCUT2D eigenvalue weighted by Gasteiger charge is -2.27. The molecule has 0 spiro atoms. The van der Waals surface area contributed by atoms with Crippen molar-refractivity contribution in [3.63, 3.8) is 0 Å². The summed E-state index contributed by atoms with van der Waals surface area (Å²) in [6.07, 6.45) is 0. The molecule has 1 saturated heterocycles. The molecule has 1 aliphatic rings. The van der Waals surface area contributed by atoms with Gasteiger partial charge in [0, 0.05) is 30.9 Å². The average Bonchev–Trinajstić information content (AvgIpc) is 3.13. The van der Waals surface area contributed by atoms with Crippen LogP contribution < -0.4 is 4.90 Å². The molecule has 37 heavy (non-hydrogen) atoms. The van der Waals surface area contributed by atoms with Crippen molar-refractivity contribution in [2.24, 2.45) is 0 Å². The van der Waals surface area contributed by atoms with Gasteiger partial charge in [0.15, 0.2) is 0 Å². The Morgan fingerprint density at radius 1 is 0.919 bits per heavy atom. The summed E-state index contributed by atoms with van der Waals surface area (Å²) in [5.41, 5.74) is 5.17. The molecule has 4 rings (SSSR count). The number of hydrogen-bond donors (Lipinski definition) is 1. The average molecular weight is 537 g/mol. The highest BCUT2D eigenvalue weighted by atomic mass is 35.5. The van der Waals surface area contributed by atoms with Gasteiger partial charge in [-0.2, -0.15) is 0 Å². The zero-order valence-electron chi connectivity index (χ0n) is 21.4. The van der Waals surface area contributed by atoms with E-state index in [1.807, 2.05) is 56.3 Å². The number of halogens is 2. The molecule has 0 saturated carbocycles. The fraction of sp³-hybridized carbons (Fsp3) is 0.267. The zero-order valence-corrected chi connectivity index (χ0v) is 22.9. The Morgan fingerprint density at radius 2 is 1.59 bits per heavy atom. The number of aryl methyl sites for hydroxylation is 2. The topological polar surface area (TPSA) is 60.9 Å². The fourth-order valence-electron chi connectivity index (χ4n) is 4.80. The molecule has 0 aliphatic carbocycles. The van der Waals surface area contributed by atoms with Crippen molar-refractivity contribution < 1.29 is 14.7 Å². The minimum atomic E-state index is -0.764. The molecule has 5 nitrogen and oxygen atoms in total. The lowest BCUT2D eigenvalue weighted by molar-refractivity contribution is -0.140. The highest BCUT2D eigenvalue weighted by Gasteiger charge is 2.46. The second-order valence-corrected chi connectivity index (χ2v) is 10.1. The van der Waals surface area contributed by atoms with Crippen LogP contribution in [0.15, 0.2) is 66.2 Å². The van der Waals surface area contributed by atoms with E-state index in [4.69, 9.17) is 23.2 Å². The van der Waals surface area contributed by atoms with Crippen LogP contribution >= 0.6 is 23.2 Å². The minimum absolute atomic E-state index is 0.0317. The van der Waals surface area contributed by atoms with Crippen LogP contribution in [0, 0.1) is 13.8 Å². The Morgan fingerprint density at radius 3 is 2.22 bits per heavy atom. The third-order valence-electron chi connectivity index (χ3n) is 6.92. The van der Waals surface area contributed by atoms with Crippen molar-refractivity contribution in [3.8, 4) is 0 Å². The molecule has 3 aromatic rings. The molecule has 1 atom stereocenters. The number of nitrogens with zero attached hydrogens (tertiary/aromatic N) is 2. The van der Waals surface area contributed by atoms with Crippen LogP contribution in [-0.4, -0.2) is 34.8 Å². The van der Waals surface area contributed by atoms with E-state index >= 15 is 0 Å². The van der Waals surface area contributed by atoms with Gasteiger partial charge in [-0.3, -0.25) is 9.59 Å². The third kappa shape index (κ3) is 5.25. The maximum atomic E-state index is 13.4. The summed E-state index contributed by atoms with van der Waals surface area (Å²) < 4.78 is 0. The lowest BCUT2D eigenvalue weighted by Crippen LogP contribution is -2.29. The number of likely N-dealkylation sites (tertiary alicyclic amines) is 1. The smallest absolute Gasteiger partial charge is 0.295 e. The van der Waals surface area contributed by atoms with Crippen molar-refractivity contribution in [1.29, 1.82) is 0 Å². The van der Waals surface area contributed by atoms with Gasteiger partial charge in [0.2, 0.25) is 0 Å². The zero-order chi connectivity index (χ0) is 26.9. The summed E-state index contributed by atoms with van der Waals surface area (Å²) in [4.78, 5) is 30.6. The fourth-order valence-corrected chi connectivity index (χ4v) is 5.10. The molecule has 0 bridgehead atoms. The molecule has 1 unspecified atom stereocenters. The number of amides is 1. The largest absolute Gasteiger partial charge is 0.507 e. The summed E-state index contributed by atoms with van der Waals surface area (Å²) in [6, 6.07) is 17.7. The summed E-state index contributed by atoms with van der Waals surface area (Å²) in [7, 11) is 0. The van der Waals surface area contributed by atoms with Crippen molar-refractivity contribution in [2.75, 3.05) is 18.0 Å². The predicted molar refractivity (Wildman–Crippen MR) is 150 cm³/mol. The number of carbonyl (C=O) groups excluding carboxylic acids is 2. The van der Waals surface area contributed by atoms with Gasteiger partial charge in [-0.1, -0.05) is 59.1 Å². The first-order valence-corrected chi connectivity index (χ1v) is 13.1. The summed E-state index contributed by atoms with van der Waals surface area (Å²) >= 11 is 12.3. The van der Waals surface area contributed by atoms with Crippen LogP contribution in [-0.2, 0) is 16.1 Å². The Balaban J connectivity index is 1.87. The van der Waals surface area contributed by atoms with Crippen LogP contribution in [0.25, 0.3) is 5.76 Å². The summed E-state index contributed by atoms with van der Waals surface area (Å²) in [5, 5.41) is 11.9. The van der Waals surface area contributed by atoms with Crippen LogP contribution in [0.5, 0.6) is 0 Å². The highest BCUT2D eigenvalue weighted by molar-refractivity contribution is 6.46. The Labute approximate surface area is 227 Å². The summed E-state index contributed by atoms with van der Waals surface area (Å²) in [5.74, 6) is -1.66. The molecular weight excluding hydrogens is 507 g/mol. The lowest BCUT2D eigenvalue weighted by atomic mass is 9.94. The van der Waals surface area contributed by atoms with Gasteiger partial charge in [-0.15, -0.1) is 0 Å². The van der Waals surface area contributed by atoms with Crippen molar-refractivity contribution in [3.05, 3.63) is 104 Å². The molecule has 192 valence electrons. The number of anilines is 1.